The van der Waals surface area contributed by atoms with Crippen LogP contribution < -0.4 is 5.73 Å². The van der Waals surface area contributed by atoms with Gasteiger partial charge in [0.1, 0.15) is 0 Å². The molecular weight excluding hydrogens is 154 g/mol. The van der Waals surface area contributed by atoms with Gasteiger partial charge in [0, 0.05) is 5.54 Å². The van der Waals surface area contributed by atoms with E-state index in [1.165, 1.54) is 0 Å². The zero-order valence-electron chi connectivity index (χ0n) is 7.80. The number of carbonyl (C=O) groups excluding carboxylic acids is 1. The van der Waals surface area contributed by atoms with Gasteiger partial charge in [-0.15, -0.1) is 0 Å². The molecule has 0 aromatic rings. The molecule has 1 saturated carbocycles. The third-order valence-corrected chi connectivity index (χ3v) is 2.58. The average Bonchev–Trinajstić information content (AvgIpc) is 2.30. The van der Waals surface area contributed by atoms with Crippen LogP contribution in [0, 0.1) is 5.92 Å². The van der Waals surface area contributed by atoms with E-state index in [4.69, 9.17) is 10.5 Å². The fourth-order valence-corrected chi connectivity index (χ4v) is 1.82. The quantitative estimate of drug-likeness (QED) is 0.632. The standard InChI is InChI=1S/C9H17NO2/c1-3-12-8(11)7-5-4-6-9(7,2)10/h7H,3-6,10H2,1-2H3/t7-,9-/m0/s1. The highest BCUT2D eigenvalue weighted by Crippen LogP contribution is 2.33. The highest BCUT2D eigenvalue weighted by atomic mass is 16.5. The lowest BCUT2D eigenvalue weighted by atomic mass is 9.90. The largest absolute Gasteiger partial charge is 0.466 e. The predicted molar refractivity (Wildman–Crippen MR) is 46.6 cm³/mol. The molecule has 1 aliphatic carbocycles. The third-order valence-electron chi connectivity index (χ3n) is 2.58. The minimum absolute atomic E-state index is 0.0857. The SMILES string of the molecule is CCOC(=O)[C@@H]1CCC[C@]1(C)N. The topological polar surface area (TPSA) is 52.3 Å². The van der Waals surface area contributed by atoms with Crippen molar-refractivity contribution in [1.82, 2.24) is 0 Å². The molecule has 0 spiro atoms. The maximum Gasteiger partial charge on any atom is 0.310 e. The van der Waals surface area contributed by atoms with Crippen molar-refractivity contribution in [3.05, 3.63) is 0 Å². The molecule has 12 heavy (non-hydrogen) atoms. The van der Waals surface area contributed by atoms with Crippen molar-refractivity contribution >= 4 is 5.97 Å². The van der Waals surface area contributed by atoms with Crippen LogP contribution in [0.3, 0.4) is 0 Å². The molecule has 70 valence electrons. The van der Waals surface area contributed by atoms with Gasteiger partial charge < -0.3 is 10.5 Å². The number of nitrogens with two attached hydrogens (primary N) is 1. The second-order valence-electron chi connectivity index (χ2n) is 3.70. The summed E-state index contributed by atoms with van der Waals surface area (Å²) in [4.78, 5) is 11.4. The van der Waals surface area contributed by atoms with E-state index in [9.17, 15) is 4.79 Å². The Balaban J connectivity index is 2.56. The Hall–Kier alpha value is -0.570. The summed E-state index contributed by atoms with van der Waals surface area (Å²) in [5, 5.41) is 0. The van der Waals surface area contributed by atoms with Crippen molar-refractivity contribution in [3.63, 3.8) is 0 Å². The monoisotopic (exact) mass is 171 g/mol. The Kier molecular flexibility index (Phi) is 2.73. The molecule has 0 heterocycles. The van der Waals surface area contributed by atoms with Crippen LogP contribution in [0.15, 0.2) is 0 Å². The van der Waals surface area contributed by atoms with Crippen molar-refractivity contribution < 1.29 is 9.53 Å². The molecule has 2 N–H and O–H groups in total. The predicted octanol–water partition coefficient (Wildman–Crippen LogP) is 1.07. The van der Waals surface area contributed by atoms with Gasteiger partial charge in [-0.3, -0.25) is 4.79 Å². The highest BCUT2D eigenvalue weighted by Gasteiger charge is 2.40. The second-order valence-corrected chi connectivity index (χ2v) is 3.70. The van der Waals surface area contributed by atoms with E-state index in [1.807, 2.05) is 13.8 Å². The lowest BCUT2D eigenvalue weighted by Crippen LogP contribution is -2.44. The van der Waals surface area contributed by atoms with Crippen molar-refractivity contribution in [1.29, 1.82) is 0 Å². The maximum atomic E-state index is 11.4. The summed E-state index contributed by atoms with van der Waals surface area (Å²) in [7, 11) is 0. The van der Waals surface area contributed by atoms with Crippen LogP contribution >= 0.6 is 0 Å². The molecule has 0 bridgehead atoms. The van der Waals surface area contributed by atoms with Gasteiger partial charge >= 0.3 is 5.97 Å². The van der Waals surface area contributed by atoms with Gasteiger partial charge in [-0.2, -0.15) is 0 Å². The first-order valence-corrected chi connectivity index (χ1v) is 4.53. The number of rotatable bonds is 2. The van der Waals surface area contributed by atoms with E-state index < -0.39 is 0 Å². The molecule has 0 saturated heterocycles. The fourth-order valence-electron chi connectivity index (χ4n) is 1.82. The van der Waals surface area contributed by atoms with Gasteiger partial charge in [0.15, 0.2) is 0 Å². The summed E-state index contributed by atoms with van der Waals surface area (Å²) in [6.07, 6.45) is 2.85. The van der Waals surface area contributed by atoms with E-state index in [-0.39, 0.29) is 17.4 Å². The molecule has 2 atom stereocenters. The normalized spacial score (nSPS) is 35.1. The summed E-state index contributed by atoms with van der Waals surface area (Å²) < 4.78 is 4.94. The van der Waals surface area contributed by atoms with Gasteiger partial charge in [-0.05, 0) is 26.7 Å². The Bertz CT molecular complexity index is 177. The van der Waals surface area contributed by atoms with Crippen molar-refractivity contribution in [2.75, 3.05) is 6.61 Å². The lowest BCUT2D eigenvalue weighted by Gasteiger charge is -2.24. The molecule has 1 fully saturated rings. The second kappa shape index (κ2) is 3.44. The van der Waals surface area contributed by atoms with E-state index in [0.29, 0.717) is 6.61 Å². The van der Waals surface area contributed by atoms with Gasteiger partial charge in [-0.25, -0.2) is 0 Å². The Morgan fingerprint density at radius 1 is 1.75 bits per heavy atom. The highest BCUT2D eigenvalue weighted by molar-refractivity contribution is 5.74. The van der Waals surface area contributed by atoms with Crippen LogP contribution in [0.1, 0.15) is 33.1 Å². The minimum atomic E-state index is -0.341. The molecule has 0 aromatic carbocycles. The first kappa shape index (κ1) is 9.52. The molecule has 0 aliphatic heterocycles. The maximum absolute atomic E-state index is 11.4. The Morgan fingerprint density at radius 3 is 2.83 bits per heavy atom. The van der Waals surface area contributed by atoms with Crippen LogP contribution in [-0.2, 0) is 9.53 Å². The van der Waals surface area contributed by atoms with Crippen LogP contribution in [0.2, 0.25) is 0 Å². The summed E-state index contributed by atoms with van der Waals surface area (Å²) >= 11 is 0. The van der Waals surface area contributed by atoms with Gasteiger partial charge in [0.2, 0.25) is 0 Å². The zero-order chi connectivity index (χ0) is 9.19. The first-order chi connectivity index (χ1) is 5.58. The molecule has 3 nitrogen and oxygen atoms in total. The number of carbonyl (C=O) groups is 1. The number of hydrogen-bond acceptors (Lipinski definition) is 3. The van der Waals surface area contributed by atoms with Crippen molar-refractivity contribution in [2.45, 2.75) is 38.6 Å². The molecule has 0 aromatic heterocycles. The van der Waals surface area contributed by atoms with Crippen molar-refractivity contribution in [3.8, 4) is 0 Å². The van der Waals surface area contributed by atoms with E-state index in [2.05, 4.69) is 0 Å². The zero-order valence-corrected chi connectivity index (χ0v) is 7.80. The molecule has 1 aliphatic rings. The van der Waals surface area contributed by atoms with Crippen LogP contribution in [-0.4, -0.2) is 18.1 Å². The smallest absolute Gasteiger partial charge is 0.310 e. The van der Waals surface area contributed by atoms with Crippen LogP contribution in [0.5, 0.6) is 0 Å². The molecule has 1 rings (SSSR count). The molecule has 0 radical (unpaired) electrons. The summed E-state index contributed by atoms with van der Waals surface area (Å²) in [5.74, 6) is -0.211. The van der Waals surface area contributed by atoms with Gasteiger partial charge in [0.25, 0.3) is 0 Å². The summed E-state index contributed by atoms with van der Waals surface area (Å²) in [6.45, 7) is 4.20. The molecule has 0 amide bonds. The molecular formula is C9H17NO2. The van der Waals surface area contributed by atoms with Crippen LogP contribution in [0.25, 0.3) is 0 Å². The van der Waals surface area contributed by atoms with Crippen molar-refractivity contribution in [2.24, 2.45) is 11.7 Å². The minimum Gasteiger partial charge on any atom is -0.466 e. The van der Waals surface area contributed by atoms with E-state index in [1.54, 1.807) is 0 Å². The number of esters is 1. The Morgan fingerprint density at radius 2 is 2.42 bits per heavy atom. The number of ether oxygens (including phenoxy) is 1. The van der Waals surface area contributed by atoms with Crippen LogP contribution in [0.4, 0.5) is 0 Å². The van der Waals surface area contributed by atoms with E-state index >= 15 is 0 Å². The summed E-state index contributed by atoms with van der Waals surface area (Å²) in [5.41, 5.74) is 5.61. The molecule has 0 unspecified atom stereocenters. The lowest BCUT2D eigenvalue weighted by molar-refractivity contribution is -0.149. The average molecular weight is 171 g/mol. The van der Waals surface area contributed by atoms with Gasteiger partial charge in [0.05, 0.1) is 12.5 Å². The van der Waals surface area contributed by atoms with E-state index in [0.717, 1.165) is 19.3 Å². The first-order valence-electron chi connectivity index (χ1n) is 4.53. The summed E-state index contributed by atoms with van der Waals surface area (Å²) in [6, 6.07) is 0. The Labute approximate surface area is 73.3 Å². The third kappa shape index (κ3) is 1.78. The fraction of sp³-hybridized carbons (Fsp3) is 0.889. The number of hydrogen-bond donors (Lipinski definition) is 1. The molecule has 3 heteroatoms. The van der Waals surface area contributed by atoms with Gasteiger partial charge in [-0.1, -0.05) is 6.42 Å².